The van der Waals surface area contributed by atoms with E-state index < -0.39 is 0 Å². The zero-order valence-electron chi connectivity index (χ0n) is 9.18. The minimum atomic E-state index is 0. The molecule has 0 aliphatic carbocycles. The lowest BCUT2D eigenvalue weighted by Crippen LogP contribution is -1.77. The van der Waals surface area contributed by atoms with Crippen molar-refractivity contribution in [3.05, 3.63) is 70.9 Å². The maximum absolute atomic E-state index is 11.7. The van der Waals surface area contributed by atoms with Gasteiger partial charge in [-0.15, -0.1) is 0 Å². The highest BCUT2D eigenvalue weighted by molar-refractivity contribution is 5.93. The Bertz CT molecular complexity index is 563. The molecule has 0 radical (unpaired) electrons. The monoisotopic (exact) mass is 224 g/mol. The van der Waals surface area contributed by atoms with Crippen LogP contribution in [0.3, 0.4) is 0 Å². The fourth-order valence-electron chi connectivity index (χ4n) is 1.93. The molecule has 0 fully saturated rings. The zero-order chi connectivity index (χ0) is 11.0. The van der Waals surface area contributed by atoms with Gasteiger partial charge in [-0.1, -0.05) is 60.7 Å². The topological polar surface area (TPSA) is 48.6 Å². The van der Waals surface area contributed by atoms with E-state index in [-0.39, 0.29) is 10.9 Å². The molecule has 2 nitrogen and oxygen atoms in total. The first kappa shape index (κ1) is 11.3. The molecular weight excluding hydrogens is 212 g/mol. The number of benzene rings is 2. The SMILES string of the molecule is O.O=c1c(-c2ccccc2)c1-c1ccccc1. The molecule has 0 bridgehead atoms. The van der Waals surface area contributed by atoms with Gasteiger partial charge in [0.1, 0.15) is 0 Å². The van der Waals surface area contributed by atoms with Crippen LogP contribution >= 0.6 is 0 Å². The highest BCUT2D eigenvalue weighted by atomic mass is 16.1. The van der Waals surface area contributed by atoms with E-state index in [9.17, 15) is 4.79 Å². The van der Waals surface area contributed by atoms with Crippen LogP contribution in [0, 0.1) is 0 Å². The summed E-state index contributed by atoms with van der Waals surface area (Å²) in [7, 11) is 0. The van der Waals surface area contributed by atoms with Crippen LogP contribution in [0.4, 0.5) is 0 Å². The van der Waals surface area contributed by atoms with Gasteiger partial charge in [-0.25, -0.2) is 0 Å². The van der Waals surface area contributed by atoms with Crippen molar-refractivity contribution < 1.29 is 5.48 Å². The smallest absolute Gasteiger partial charge is 0.195 e. The number of hydrogen-bond donors (Lipinski definition) is 0. The van der Waals surface area contributed by atoms with Gasteiger partial charge in [0.15, 0.2) is 5.43 Å². The lowest BCUT2D eigenvalue weighted by molar-refractivity contribution is 0.824. The molecule has 0 aliphatic rings. The molecule has 0 unspecified atom stereocenters. The minimum absolute atomic E-state index is 0. The normalized spacial score (nSPS) is 10.1. The molecule has 0 saturated carbocycles. The van der Waals surface area contributed by atoms with Gasteiger partial charge >= 0.3 is 0 Å². The van der Waals surface area contributed by atoms with Crippen LogP contribution in [-0.2, 0) is 0 Å². The Morgan fingerprint density at radius 2 is 0.941 bits per heavy atom. The quantitative estimate of drug-likeness (QED) is 0.659. The Morgan fingerprint density at radius 1 is 0.588 bits per heavy atom. The van der Waals surface area contributed by atoms with Crippen LogP contribution in [-0.4, -0.2) is 5.48 Å². The average Bonchev–Trinajstić information content (AvgIpc) is 3.03. The second-order valence-corrected chi connectivity index (χ2v) is 3.81. The molecule has 3 rings (SSSR count). The molecule has 0 heterocycles. The summed E-state index contributed by atoms with van der Waals surface area (Å²) in [6, 6.07) is 19.6. The molecule has 0 saturated heterocycles. The summed E-state index contributed by atoms with van der Waals surface area (Å²) < 4.78 is 0. The molecule has 0 aliphatic heterocycles. The van der Waals surface area contributed by atoms with E-state index in [1.807, 2.05) is 60.7 Å². The lowest BCUT2D eigenvalue weighted by atomic mass is 10.1. The summed E-state index contributed by atoms with van der Waals surface area (Å²) in [6.45, 7) is 0. The van der Waals surface area contributed by atoms with E-state index in [0.29, 0.717) is 0 Å². The molecular formula is C15H12O2. The fraction of sp³-hybridized carbons (Fsp3) is 0. The Balaban J connectivity index is 0.00000108. The van der Waals surface area contributed by atoms with E-state index in [0.717, 1.165) is 22.3 Å². The van der Waals surface area contributed by atoms with Gasteiger partial charge in [0.2, 0.25) is 0 Å². The Labute approximate surface area is 99.2 Å². The molecule has 84 valence electrons. The first-order valence-electron chi connectivity index (χ1n) is 5.28. The van der Waals surface area contributed by atoms with Crippen molar-refractivity contribution in [3.8, 4) is 22.3 Å². The highest BCUT2D eigenvalue weighted by Crippen LogP contribution is 2.33. The second kappa shape index (κ2) is 4.36. The van der Waals surface area contributed by atoms with Crippen molar-refractivity contribution in [3.63, 3.8) is 0 Å². The number of rotatable bonds is 2. The summed E-state index contributed by atoms with van der Waals surface area (Å²) in [4.78, 5) is 11.7. The van der Waals surface area contributed by atoms with E-state index in [2.05, 4.69) is 0 Å². The van der Waals surface area contributed by atoms with Crippen molar-refractivity contribution in [1.29, 1.82) is 0 Å². The summed E-state index contributed by atoms with van der Waals surface area (Å²) in [5.74, 6) is 0. The highest BCUT2D eigenvalue weighted by Gasteiger charge is 2.24. The minimum Gasteiger partial charge on any atom is -0.412 e. The van der Waals surface area contributed by atoms with E-state index in [1.165, 1.54) is 0 Å². The standard InChI is InChI=1S/C15H10O.H2O/c16-15-13(11-7-3-1-4-8-11)14(15)12-9-5-2-6-10-12;/h1-10H;1H2. The largest absolute Gasteiger partial charge is 0.412 e. The van der Waals surface area contributed by atoms with Gasteiger partial charge in [-0.2, -0.15) is 0 Å². The summed E-state index contributed by atoms with van der Waals surface area (Å²) in [5.41, 5.74) is 3.95. The molecule has 0 atom stereocenters. The first-order valence-corrected chi connectivity index (χ1v) is 5.28. The third-order valence-electron chi connectivity index (χ3n) is 2.77. The number of hydrogen-bond acceptors (Lipinski definition) is 1. The molecule has 3 aromatic carbocycles. The fourth-order valence-corrected chi connectivity index (χ4v) is 1.93. The zero-order valence-corrected chi connectivity index (χ0v) is 9.18. The van der Waals surface area contributed by atoms with Crippen molar-refractivity contribution in [2.45, 2.75) is 0 Å². The van der Waals surface area contributed by atoms with Gasteiger partial charge in [0.25, 0.3) is 0 Å². The van der Waals surface area contributed by atoms with Crippen LogP contribution in [0.2, 0.25) is 0 Å². The summed E-state index contributed by atoms with van der Waals surface area (Å²) in [5, 5.41) is 0. The van der Waals surface area contributed by atoms with Gasteiger partial charge < -0.3 is 5.48 Å². The predicted octanol–water partition coefficient (Wildman–Crippen LogP) is 2.43. The average molecular weight is 224 g/mol. The van der Waals surface area contributed by atoms with Crippen molar-refractivity contribution in [2.24, 2.45) is 0 Å². The predicted molar refractivity (Wildman–Crippen MR) is 69.6 cm³/mol. The molecule has 3 aromatic rings. The first-order chi connectivity index (χ1) is 7.88. The van der Waals surface area contributed by atoms with Crippen LogP contribution in [0.5, 0.6) is 0 Å². The van der Waals surface area contributed by atoms with Crippen LogP contribution in [0.1, 0.15) is 0 Å². The third kappa shape index (κ3) is 1.90. The summed E-state index contributed by atoms with van der Waals surface area (Å²) in [6.07, 6.45) is 0. The van der Waals surface area contributed by atoms with E-state index in [1.54, 1.807) is 0 Å². The molecule has 2 N–H and O–H groups in total. The third-order valence-corrected chi connectivity index (χ3v) is 2.77. The van der Waals surface area contributed by atoms with Crippen LogP contribution in [0.15, 0.2) is 65.5 Å². The van der Waals surface area contributed by atoms with Crippen LogP contribution < -0.4 is 5.43 Å². The molecule has 0 aromatic heterocycles. The lowest BCUT2D eigenvalue weighted by Gasteiger charge is -1.92. The van der Waals surface area contributed by atoms with Gasteiger partial charge in [-0.3, -0.25) is 4.79 Å². The molecule has 0 spiro atoms. The Morgan fingerprint density at radius 3 is 1.29 bits per heavy atom. The van der Waals surface area contributed by atoms with Crippen LogP contribution in [0.25, 0.3) is 22.3 Å². The van der Waals surface area contributed by atoms with Crippen molar-refractivity contribution >= 4 is 0 Å². The van der Waals surface area contributed by atoms with E-state index >= 15 is 0 Å². The van der Waals surface area contributed by atoms with Gasteiger partial charge in [-0.05, 0) is 11.1 Å². The van der Waals surface area contributed by atoms with Gasteiger partial charge in [0.05, 0.1) is 0 Å². The van der Waals surface area contributed by atoms with Crippen molar-refractivity contribution in [2.75, 3.05) is 0 Å². The Hall–Kier alpha value is -2.19. The Kier molecular flexibility index (Phi) is 2.90. The summed E-state index contributed by atoms with van der Waals surface area (Å²) >= 11 is 0. The van der Waals surface area contributed by atoms with Crippen molar-refractivity contribution in [1.82, 2.24) is 0 Å². The molecule has 17 heavy (non-hydrogen) atoms. The molecule has 0 amide bonds. The van der Waals surface area contributed by atoms with E-state index in [4.69, 9.17) is 0 Å². The second-order valence-electron chi connectivity index (χ2n) is 3.81. The molecule has 2 heteroatoms. The maximum atomic E-state index is 11.7. The maximum Gasteiger partial charge on any atom is 0.195 e. The van der Waals surface area contributed by atoms with Gasteiger partial charge in [0, 0.05) is 11.1 Å².